The third-order valence-corrected chi connectivity index (χ3v) is 4.50. The molecule has 3 heteroatoms. The van der Waals surface area contributed by atoms with Gasteiger partial charge in [-0.25, -0.2) is 0 Å². The van der Waals surface area contributed by atoms with Crippen LogP contribution in [0.2, 0.25) is 0 Å². The van der Waals surface area contributed by atoms with Crippen molar-refractivity contribution in [1.29, 1.82) is 0 Å². The molecule has 0 heterocycles. The van der Waals surface area contributed by atoms with E-state index in [9.17, 15) is 4.79 Å². The lowest BCUT2D eigenvalue weighted by Gasteiger charge is -2.24. The van der Waals surface area contributed by atoms with Crippen LogP contribution in [0, 0.1) is 0 Å². The summed E-state index contributed by atoms with van der Waals surface area (Å²) >= 11 is 1.66. The fraction of sp³-hybridized carbons (Fsp3) is 0.462. The molecule has 0 atom stereocenters. The second-order valence-corrected chi connectivity index (χ2v) is 5.57. The zero-order valence-corrected chi connectivity index (χ0v) is 10.3. The van der Waals surface area contributed by atoms with Gasteiger partial charge >= 0.3 is 5.97 Å². The van der Waals surface area contributed by atoms with Crippen LogP contribution >= 0.6 is 11.8 Å². The number of benzene rings is 1. The molecule has 0 bridgehead atoms. The summed E-state index contributed by atoms with van der Waals surface area (Å²) in [5.41, 5.74) is 0. The molecule has 0 aliphatic heterocycles. The average Bonchev–Trinajstić information content (AvgIpc) is 2.79. The summed E-state index contributed by atoms with van der Waals surface area (Å²) in [6, 6.07) is 10.1. The Labute approximate surface area is 100 Å². The van der Waals surface area contributed by atoms with Crippen LogP contribution in [0.15, 0.2) is 35.2 Å². The molecule has 1 aromatic carbocycles. The second kappa shape index (κ2) is 4.91. The highest BCUT2D eigenvalue weighted by Gasteiger charge is 2.43. The SMILES string of the molecule is COC(=O)C1(Sc2ccccc2)CCCC1. The Kier molecular flexibility index (Phi) is 3.54. The number of methoxy groups -OCH3 is 1. The van der Waals surface area contributed by atoms with Crippen LogP contribution in [0.4, 0.5) is 0 Å². The Balaban J connectivity index is 2.18. The lowest BCUT2D eigenvalue weighted by Crippen LogP contribution is -2.32. The van der Waals surface area contributed by atoms with Crippen molar-refractivity contribution in [1.82, 2.24) is 0 Å². The van der Waals surface area contributed by atoms with E-state index in [0.29, 0.717) is 0 Å². The van der Waals surface area contributed by atoms with E-state index in [0.717, 1.165) is 30.6 Å². The van der Waals surface area contributed by atoms with E-state index in [1.54, 1.807) is 11.8 Å². The summed E-state index contributed by atoms with van der Waals surface area (Å²) in [5.74, 6) is -0.0705. The van der Waals surface area contributed by atoms with Gasteiger partial charge in [0.1, 0.15) is 4.75 Å². The zero-order valence-electron chi connectivity index (χ0n) is 9.44. The highest BCUT2D eigenvalue weighted by atomic mass is 32.2. The summed E-state index contributed by atoms with van der Waals surface area (Å²) < 4.78 is 4.61. The van der Waals surface area contributed by atoms with Gasteiger partial charge in [-0.2, -0.15) is 0 Å². The van der Waals surface area contributed by atoms with Crippen LogP contribution in [-0.2, 0) is 9.53 Å². The zero-order chi connectivity index (χ0) is 11.4. The van der Waals surface area contributed by atoms with Crippen molar-refractivity contribution in [2.24, 2.45) is 0 Å². The van der Waals surface area contributed by atoms with Gasteiger partial charge in [0.25, 0.3) is 0 Å². The van der Waals surface area contributed by atoms with Crippen LogP contribution in [0.5, 0.6) is 0 Å². The van der Waals surface area contributed by atoms with E-state index < -0.39 is 0 Å². The van der Waals surface area contributed by atoms with Gasteiger partial charge in [0.2, 0.25) is 0 Å². The number of ether oxygens (including phenoxy) is 1. The minimum absolute atomic E-state index is 0.0705. The first kappa shape index (κ1) is 11.5. The fourth-order valence-electron chi connectivity index (χ4n) is 2.19. The first-order valence-corrected chi connectivity index (χ1v) is 6.41. The van der Waals surface area contributed by atoms with Crippen LogP contribution in [0.1, 0.15) is 25.7 Å². The lowest BCUT2D eigenvalue weighted by molar-refractivity contribution is -0.143. The summed E-state index contributed by atoms with van der Waals surface area (Å²) in [6.07, 6.45) is 4.10. The average molecular weight is 236 g/mol. The van der Waals surface area contributed by atoms with Crippen molar-refractivity contribution in [2.75, 3.05) is 7.11 Å². The second-order valence-electron chi connectivity index (χ2n) is 4.11. The van der Waals surface area contributed by atoms with Gasteiger partial charge in [-0.15, -0.1) is 11.8 Å². The molecule has 0 radical (unpaired) electrons. The Morgan fingerprint density at radius 3 is 2.44 bits per heavy atom. The predicted octanol–water partition coefficient (Wildman–Crippen LogP) is 3.26. The molecule has 2 rings (SSSR count). The monoisotopic (exact) mass is 236 g/mol. The molecule has 1 aromatic rings. The maximum absolute atomic E-state index is 11.9. The normalized spacial score (nSPS) is 18.3. The summed E-state index contributed by atoms with van der Waals surface area (Å²) in [4.78, 5) is 13.0. The van der Waals surface area contributed by atoms with Gasteiger partial charge in [-0.05, 0) is 25.0 Å². The molecular weight excluding hydrogens is 220 g/mol. The smallest absolute Gasteiger partial charge is 0.322 e. The maximum Gasteiger partial charge on any atom is 0.322 e. The third kappa shape index (κ3) is 2.24. The molecule has 0 N–H and O–H groups in total. The van der Waals surface area contributed by atoms with Crippen LogP contribution < -0.4 is 0 Å². The molecule has 1 aliphatic rings. The van der Waals surface area contributed by atoms with Gasteiger partial charge in [0, 0.05) is 4.90 Å². The lowest BCUT2D eigenvalue weighted by atomic mass is 10.1. The van der Waals surface area contributed by atoms with Crippen molar-refractivity contribution >= 4 is 17.7 Å². The molecule has 0 unspecified atom stereocenters. The first-order valence-electron chi connectivity index (χ1n) is 5.59. The molecular formula is C13H16O2S. The van der Waals surface area contributed by atoms with E-state index in [1.807, 2.05) is 30.3 Å². The molecule has 86 valence electrons. The Morgan fingerprint density at radius 2 is 1.88 bits per heavy atom. The molecule has 0 amide bonds. The highest BCUT2D eigenvalue weighted by Crippen LogP contribution is 2.45. The molecule has 1 fully saturated rings. The molecule has 0 spiro atoms. The van der Waals surface area contributed by atoms with Crippen molar-refractivity contribution in [3.8, 4) is 0 Å². The number of hydrogen-bond donors (Lipinski definition) is 0. The largest absolute Gasteiger partial charge is 0.468 e. The Hall–Kier alpha value is -0.960. The van der Waals surface area contributed by atoms with Crippen LogP contribution in [-0.4, -0.2) is 17.8 Å². The van der Waals surface area contributed by atoms with E-state index in [2.05, 4.69) is 0 Å². The summed E-state index contributed by atoms with van der Waals surface area (Å²) in [6.45, 7) is 0. The molecule has 0 saturated heterocycles. The highest BCUT2D eigenvalue weighted by molar-refractivity contribution is 8.01. The molecule has 2 nitrogen and oxygen atoms in total. The van der Waals surface area contributed by atoms with E-state index in [4.69, 9.17) is 4.74 Å². The van der Waals surface area contributed by atoms with E-state index in [-0.39, 0.29) is 10.7 Å². The Morgan fingerprint density at radius 1 is 1.25 bits per heavy atom. The maximum atomic E-state index is 11.9. The van der Waals surface area contributed by atoms with Gasteiger partial charge < -0.3 is 4.74 Å². The summed E-state index contributed by atoms with van der Waals surface area (Å²) in [5, 5.41) is 0. The number of esters is 1. The number of thioether (sulfide) groups is 1. The predicted molar refractivity (Wildman–Crippen MR) is 65.5 cm³/mol. The van der Waals surface area contributed by atoms with Crippen molar-refractivity contribution < 1.29 is 9.53 Å². The Bertz CT molecular complexity index is 355. The first-order chi connectivity index (χ1) is 7.77. The number of carbonyl (C=O) groups is 1. The molecule has 0 aromatic heterocycles. The van der Waals surface area contributed by atoms with Gasteiger partial charge in [-0.1, -0.05) is 31.0 Å². The quantitative estimate of drug-likeness (QED) is 0.753. The van der Waals surface area contributed by atoms with Crippen LogP contribution in [0.25, 0.3) is 0 Å². The van der Waals surface area contributed by atoms with Gasteiger partial charge in [0.05, 0.1) is 7.11 Å². The van der Waals surface area contributed by atoms with Crippen LogP contribution in [0.3, 0.4) is 0 Å². The molecule has 1 saturated carbocycles. The van der Waals surface area contributed by atoms with E-state index in [1.165, 1.54) is 7.11 Å². The van der Waals surface area contributed by atoms with Crippen molar-refractivity contribution in [2.45, 2.75) is 35.3 Å². The van der Waals surface area contributed by atoms with Gasteiger partial charge in [-0.3, -0.25) is 4.79 Å². The third-order valence-electron chi connectivity index (χ3n) is 3.03. The molecule has 16 heavy (non-hydrogen) atoms. The summed E-state index contributed by atoms with van der Waals surface area (Å²) in [7, 11) is 1.48. The molecule has 1 aliphatic carbocycles. The van der Waals surface area contributed by atoms with Crippen molar-refractivity contribution in [3.63, 3.8) is 0 Å². The number of rotatable bonds is 3. The minimum atomic E-state index is -0.337. The minimum Gasteiger partial charge on any atom is -0.468 e. The number of carbonyl (C=O) groups excluding carboxylic acids is 1. The van der Waals surface area contributed by atoms with Gasteiger partial charge in [0.15, 0.2) is 0 Å². The number of hydrogen-bond acceptors (Lipinski definition) is 3. The standard InChI is InChI=1S/C13H16O2S/c1-15-12(14)13(9-5-6-10-13)16-11-7-3-2-4-8-11/h2-4,7-8H,5-6,9-10H2,1H3. The van der Waals surface area contributed by atoms with Crippen molar-refractivity contribution in [3.05, 3.63) is 30.3 Å². The topological polar surface area (TPSA) is 26.3 Å². The fourth-order valence-corrected chi connectivity index (χ4v) is 3.60. The van der Waals surface area contributed by atoms with E-state index >= 15 is 0 Å².